The van der Waals surface area contributed by atoms with Crippen LogP contribution < -0.4 is 5.32 Å². The van der Waals surface area contributed by atoms with Gasteiger partial charge in [0.25, 0.3) is 0 Å². The van der Waals surface area contributed by atoms with Gasteiger partial charge in [-0.2, -0.15) is 5.10 Å². The molecule has 1 saturated heterocycles. The first-order valence-electron chi connectivity index (χ1n) is 8.28. The lowest BCUT2D eigenvalue weighted by Crippen LogP contribution is -2.40. The van der Waals surface area contributed by atoms with Gasteiger partial charge in [-0.15, -0.1) is 0 Å². The van der Waals surface area contributed by atoms with Gasteiger partial charge in [0.15, 0.2) is 0 Å². The summed E-state index contributed by atoms with van der Waals surface area (Å²) >= 11 is 0. The summed E-state index contributed by atoms with van der Waals surface area (Å²) in [5.74, 6) is 1.62. The van der Waals surface area contributed by atoms with E-state index < -0.39 is 0 Å². The Balaban J connectivity index is 1.55. The largest absolute Gasteiger partial charge is 0.461 e. The van der Waals surface area contributed by atoms with Crippen molar-refractivity contribution in [1.82, 2.24) is 20.0 Å². The molecule has 2 amide bonds. The van der Waals surface area contributed by atoms with Gasteiger partial charge in [0.05, 0.1) is 6.04 Å². The third-order valence-electron chi connectivity index (χ3n) is 4.39. The summed E-state index contributed by atoms with van der Waals surface area (Å²) in [7, 11) is 3.54. The molecule has 24 heavy (non-hydrogen) atoms. The predicted molar refractivity (Wildman–Crippen MR) is 88.4 cm³/mol. The van der Waals surface area contributed by atoms with Crippen molar-refractivity contribution in [1.29, 1.82) is 0 Å². The van der Waals surface area contributed by atoms with E-state index in [2.05, 4.69) is 10.4 Å². The summed E-state index contributed by atoms with van der Waals surface area (Å²) in [6.45, 7) is 1.79. The number of hydrogen-bond acceptors (Lipinski definition) is 4. The molecule has 1 aliphatic rings. The number of nitrogens with one attached hydrogen (secondary N) is 1. The lowest BCUT2D eigenvalue weighted by molar-refractivity contribution is 0.156. The van der Waals surface area contributed by atoms with Crippen LogP contribution in [0.1, 0.15) is 36.1 Å². The quantitative estimate of drug-likeness (QED) is 0.880. The summed E-state index contributed by atoms with van der Waals surface area (Å²) in [6.07, 6.45) is 4.44. The van der Waals surface area contributed by atoms with Crippen molar-refractivity contribution >= 4 is 6.03 Å². The summed E-state index contributed by atoms with van der Waals surface area (Å²) in [5, 5.41) is 7.13. The van der Waals surface area contributed by atoms with E-state index in [-0.39, 0.29) is 12.1 Å². The van der Waals surface area contributed by atoms with Gasteiger partial charge in [0, 0.05) is 45.6 Å². The van der Waals surface area contributed by atoms with Crippen molar-refractivity contribution in [2.75, 3.05) is 20.2 Å². The average Bonchev–Trinajstić information content (AvgIpc) is 3.28. The zero-order valence-electron chi connectivity index (χ0n) is 14.2. The molecule has 2 aromatic heterocycles. The van der Waals surface area contributed by atoms with Crippen LogP contribution in [0.5, 0.6) is 0 Å². The lowest BCUT2D eigenvalue weighted by Gasteiger charge is -2.23. The Morgan fingerprint density at radius 3 is 3.08 bits per heavy atom. The molecule has 2 aromatic rings. The summed E-state index contributed by atoms with van der Waals surface area (Å²) in [6, 6.07) is 5.79. The fourth-order valence-corrected chi connectivity index (χ4v) is 3.14. The number of furan rings is 1. The highest BCUT2D eigenvalue weighted by Gasteiger charge is 2.32. The van der Waals surface area contributed by atoms with Crippen LogP contribution in [-0.4, -0.2) is 40.9 Å². The van der Waals surface area contributed by atoms with E-state index in [1.807, 2.05) is 34.8 Å². The topological polar surface area (TPSA) is 72.5 Å². The zero-order valence-corrected chi connectivity index (χ0v) is 14.2. The number of aryl methyl sites for hydroxylation is 1. The Labute approximate surface area is 141 Å². The molecule has 0 aliphatic carbocycles. The van der Waals surface area contributed by atoms with Gasteiger partial charge in [-0.05, 0) is 31.0 Å². The van der Waals surface area contributed by atoms with Crippen LogP contribution in [0.2, 0.25) is 0 Å². The molecule has 7 heteroatoms. The van der Waals surface area contributed by atoms with Crippen LogP contribution in [-0.2, 0) is 24.8 Å². The van der Waals surface area contributed by atoms with Gasteiger partial charge >= 0.3 is 6.03 Å². The minimum Gasteiger partial charge on any atom is -0.461 e. The molecule has 7 nitrogen and oxygen atoms in total. The number of nitrogens with zero attached hydrogens (tertiary/aromatic N) is 3. The number of aromatic nitrogens is 2. The number of ether oxygens (including phenoxy) is 1. The number of amides is 2. The SMILES string of the molecule is COCc1ccc([C@H]2CCCN2C(=O)NCCc2ccnn2C)o1. The molecule has 0 unspecified atom stereocenters. The highest BCUT2D eigenvalue weighted by Crippen LogP contribution is 2.33. The van der Waals surface area contributed by atoms with Crippen LogP contribution in [0, 0.1) is 0 Å². The van der Waals surface area contributed by atoms with Crippen molar-refractivity contribution in [2.24, 2.45) is 7.05 Å². The number of carbonyl (C=O) groups is 1. The third-order valence-corrected chi connectivity index (χ3v) is 4.39. The number of urea groups is 1. The van der Waals surface area contributed by atoms with Crippen molar-refractivity contribution in [3.8, 4) is 0 Å². The molecule has 0 bridgehead atoms. The number of methoxy groups -OCH3 is 1. The summed E-state index contributed by atoms with van der Waals surface area (Å²) in [5.41, 5.74) is 1.10. The first kappa shape index (κ1) is 16.6. The minimum atomic E-state index is -0.0376. The maximum atomic E-state index is 12.5. The second-order valence-corrected chi connectivity index (χ2v) is 6.02. The Hall–Kier alpha value is -2.28. The molecule has 1 atom stereocenters. The molecule has 1 fully saturated rings. The van der Waals surface area contributed by atoms with E-state index in [0.29, 0.717) is 13.2 Å². The normalized spacial score (nSPS) is 17.4. The van der Waals surface area contributed by atoms with Gasteiger partial charge in [-0.3, -0.25) is 4.68 Å². The number of hydrogen-bond donors (Lipinski definition) is 1. The van der Waals surface area contributed by atoms with E-state index in [0.717, 1.165) is 43.0 Å². The maximum Gasteiger partial charge on any atom is 0.318 e. The molecule has 0 aromatic carbocycles. The van der Waals surface area contributed by atoms with Crippen LogP contribution in [0.4, 0.5) is 4.79 Å². The smallest absolute Gasteiger partial charge is 0.318 e. The Morgan fingerprint density at radius 1 is 1.46 bits per heavy atom. The molecule has 130 valence electrons. The van der Waals surface area contributed by atoms with Gasteiger partial charge < -0.3 is 19.4 Å². The Bertz CT molecular complexity index is 679. The van der Waals surface area contributed by atoms with E-state index in [4.69, 9.17) is 9.15 Å². The first-order chi connectivity index (χ1) is 11.7. The van der Waals surface area contributed by atoms with Gasteiger partial charge in [-0.25, -0.2) is 4.79 Å². The average molecular weight is 332 g/mol. The van der Waals surface area contributed by atoms with E-state index >= 15 is 0 Å². The van der Waals surface area contributed by atoms with Crippen LogP contribution >= 0.6 is 0 Å². The van der Waals surface area contributed by atoms with Crippen molar-refractivity contribution in [3.05, 3.63) is 41.6 Å². The highest BCUT2D eigenvalue weighted by atomic mass is 16.5. The van der Waals surface area contributed by atoms with Crippen molar-refractivity contribution in [3.63, 3.8) is 0 Å². The fraction of sp³-hybridized carbons (Fsp3) is 0.529. The number of likely N-dealkylation sites (tertiary alicyclic amines) is 1. The summed E-state index contributed by atoms with van der Waals surface area (Å²) in [4.78, 5) is 14.4. The van der Waals surface area contributed by atoms with Crippen LogP contribution in [0.25, 0.3) is 0 Å². The molecule has 0 radical (unpaired) electrons. The Morgan fingerprint density at radius 2 is 2.33 bits per heavy atom. The molecule has 0 spiro atoms. The molecule has 3 rings (SSSR count). The molecule has 3 heterocycles. The first-order valence-corrected chi connectivity index (χ1v) is 8.28. The molecular weight excluding hydrogens is 308 g/mol. The minimum absolute atomic E-state index is 0.00677. The number of carbonyl (C=O) groups excluding carboxylic acids is 1. The molecular formula is C17H24N4O3. The van der Waals surface area contributed by atoms with Gasteiger partial charge in [0.2, 0.25) is 0 Å². The third kappa shape index (κ3) is 3.62. The monoisotopic (exact) mass is 332 g/mol. The maximum absolute atomic E-state index is 12.5. The van der Waals surface area contributed by atoms with Crippen molar-refractivity contribution < 1.29 is 13.9 Å². The fourth-order valence-electron chi connectivity index (χ4n) is 3.14. The zero-order chi connectivity index (χ0) is 16.9. The molecule has 1 N–H and O–H groups in total. The second kappa shape index (κ2) is 7.53. The molecule has 1 aliphatic heterocycles. The summed E-state index contributed by atoms with van der Waals surface area (Å²) < 4.78 is 12.7. The van der Waals surface area contributed by atoms with Crippen LogP contribution in [0.3, 0.4) is 0 Å². The highest BCUT2D eigenvalue weighted by molar-refractivity contribution is 5.75. The second-order valence-electron chi connectivity index (χ2n) is 6.02. The van der Waals surface area contributed by atoms with Gasteiger partial charge in [0.1, 0.15) is 18.1 Å². The standard InChI is InChI=1S/C17H24N4O3/c1-20-13(8-10-19-20)7-9-18-17(22)21-11-3-4-15(21)16-6-5-14(24-16)12-23-2/h5-6,8,10,15H,3-4,7,9,11-12H2,1-2H3,(H,18,22)/t15-/m1/s1. The predicted octanol–water partition coefficient (Wildman–Crippen LogP) is 2.25. The van der Waals surface area contributed by atoms with E-state index in [9.17, 15) is 4.79 Å². The van der Waals surface area contributed by atoms with E-state index in [1.54, 1.807) is 13.3 Å². The Kier molecular flexibility index (Phi) is 5.20. The van der Waals surface area contributed by atoms with Crippen molar-refractivity contribution in [2.45, 2.75) is 31.9 Å². The van der Waals surface area contributed by atoms with Crippen LogP contribution in [0.15, 0.2) is 28.8 Å². The van der Waals surface area contributed by atoms with Gasteiger partial charge in [-0.1, -0.05) is 0 Å². The van der Waals surface area contributed by atoms with E-state index in [1.165, 1.54) is 0 Å². The number of rotatable bonds is 6. The lowest BCUT2D eigenvalue weighted by atomic mass is 10.2. The molecule has 0 saturated carbocycles.